The van der Waals surface area contributed by atoms with Crippen molar-refractivity contribution in [3.8, 4) is 0 Å². The number of piperazine rings is 1. The summed E-state index contributed by atoms with van der Waals surface area (Å²) in [6, 6.07) is 6.60. The highest BCUT2D eigenvalue weighted by Crippen LogP contribution is 2.22. The number of carbonyl (C=O) groups is 1. The summed E-state index contributed by atoms with van der Waals surface area (Å²) >= 11 is 3.28. The number of hydrogen-bond acceptors (Lipinski definition) is 4. The second-order valence-electron chi connectivity index (χ2n) is 4.71. The van der Waals surface area contributed by atoms with Crippen LogP contribution in [0.4, 0.5) is 11.4 Å². The van der Waals surface area contributed by atoms with Crippen LogP contribution in [0.1, 0.15) is 6.92 Å². The molecule has 20 heavy (non-hydrogen) atoms. The van der Waals surface area contributed by atoms with Gasteiger partial charge in [0.2, 0.25) is 5.91 Å². The van der Waals surface area contributed by atoms with Gasteiger partial charge < -0.3 is 9.80 Å². The lowest BCUT2D eigenvalue weighted by atomic mass is 10.2. The van der Waals surface area contributed by atoms with Gasteiger partial charge in [0.05, 0.1) is 9.75 Å². The number of nitro benzene ring substituents is 1. The molecule has 1 aromatic carbocycles. The van der Waals surface area contributed by atoms with Crippen molar-refractivity contribution >= 4 is 33.2 Å². The predicted molar refractivity (Wildman–Crippen MR) is 80.3 cm³/mol. The fourth-order valence-corrected chi connectivity index (χ4v) is 2.53. The van der Waals surface area contributed by atoms with Gasteiger partial charge in [-0.1, -0.05) is 22.0 Å². The highest BCUT2D eigenvalue weighted by atomic mass is 79.9. The lowest BCUT2D eigenvalue weighted by molar-refractivity contribution is -0.384. The summed E-state index contributed by atoms with van der Waals surface area (Å²) in [5.41, 5.74) is 0.924. The molecule has 1 atom stereocenters. The topological polar surface area (TPSA) is 66.7 Å². The number of rotatable bonds is 3. The van der Waals surface area contributed by atoms with Crippen molar-refractivity contribution in [3.63, 3.8) is 0 Å². The van der Waals surface area contributed by atoms with Gasteiger partial charge in [0.15, 0.2) is 0 Å². The second-order valence-corrected chi connectivity index (χ2v) is 6.08. The molecule has 1 unspecified atom stereocenters. The van der Waals surface area contributed by atoms with Crippen LogP contribution in [0.15, 0.2) is 24.3 Å². The smallest absolute Gasteiger partial charge is 0.271 e. The number of alkyl halides is 1. The number of benzene rings is 1. The minimum absolute atomic E-state index is 0.0868. The first-order valence-corrected chi connectivity index (χ1v) is 7.33. The zero-order valence-electron chi connectivity index (χ0n) is 11.2. The van der Waals surface area contributed by atoms with E-state index in [0.717, 1.165) is 5.69 Å². The van der Waals surface area contributed by atoms with E-state index in [1.807, 2.05) is 17.9 Å². The lowest BCUT2D eigenvalue weighted by Gasteiger charge is -2.36. The summed E-state index contributed by atoms with van der Waals surface area (Å²) in [5.74, 6) is 0.0868. The lowest BCUT2D eigenvalue weighted by Crippen LogP contribution is -2.50. The number of anilines is 1. The standard InChI is InChI=1S/C13H16BrN3O3/c1-10(14)13(18)16-7-5-15(6-8-16)11-3-2-4-12(9-11)17(19)20/h2-4,9-10H,5-8H2,1H3. The van der Waals surface area contributed by atoms with Gasteiger partial charge in [0.1, 0.15) is 0 Å². The maximum Gasteiger partial charge on any atom is 0.271 e. The predicted octanol–water partition coefficient (Wildman–Crippen LogP) is 2.03. The fourth-order valence-electron chi connectivity index (χ4n) is 2.24. The van der Waals surface area contributed by atoms with Gasteiger partial charge in [-0.3, -0.25) is 14.9 Å². The molecule has 0 spiro atoms. The fraction of sp³-hybridized carbons (Fsp3) is 0.462. The third-order valence-corrected chi connectivity index (χ3v) is 3.73. The number of carbonyl (C=O) groups excluding carboxylic acids is 1. The molecule has 0 bridgehead atoms. The van der Waals surface area contributed by atoms with E-state index in [0.29, 0.717) is 26.2 Å². The highest BCUT2D eigenvalue weighted by Gasteiger charge is 2.24. The average Bonchev–Trinajstić information content (AvgIpc) is 2.46. The summed E-state index contributed by atoms with van der Waals surface area (Å²) in [6.45, 7) is 4.46. The van der Waals surface area contributed by atoms with Crippen molar-refractivity contribution in [2.45, 2.75) is 11.8 Å². The van der Waals surface area contributed by atoms with E-state index in [4.69, 9.17) is 0 Å². The molecule has 7 heteroatoms. The highest BCUT2D eigenvalue weighted by molar-refractivity contribution is 9.10. The molecule has 6 nitrogen and oxygen atoms in total. The Bertz CT molecular complexity index is 513. The SMILES string of the molecule is CC(Br)C(=O)N1CCN(c2cccc([N+](=O)[O-])c2)CC1. The molecule has 0 aromatic heterocycles. The van der Waals surface area contributed by atoms with Crippen LogP contribution in [-0.2, 0) is 4.79 Å². The summed E-state index contributed by atoms with van der Waals surface area (Å²) in [6.07, 6.45) is 0. The molecule has 1 saturated heterocycles. The third kappa shape index (κ3) is 3.27. The van der Waals surface area contributed by atoms with Crippen molar-refractivity contribution in [2.24, 2.45) is 0 Å². The first kappa shape index (κ1) is 14.8. The van der Waals surface area contributed by atoms with Crippen LogP contribution in [0, 0.1) is 10.1 Å². The van der Waals surface area contributed by atoms with Gasteiger partial charge >= 0.3 is 0 Å². The van der Waals surface area contributed by atoms with Gasteiger partial charge in [-0.05, 0) is 13.0 Å². The first-order valence-electron chi connectivity index (χ1n) is 6.41. The molecule has 0 saturated carbocycles. The summed E-state index contributed by atoms with van der Waals surface area (Å²) in [4.78, 5) is 25.9. The van der Waals surface area contributed by atoms with Crippen molar-refractivity contribution in [1.82, 2.24) is 4.90 Å². The van der Waals surface area contributed by atoms with Crippen LogP contribution in [0.3, 0.4) is 0 Å². The van der Waals surface area contributed by atoms with Gasteiger partial charge in [-0.15, -0.1) is 0 Å². The minimum atomic E-state index is -0.393. The van der Waals surface area contributed by atoms with Crippen LogP contribution in [0.5, 0.6) is 0 Å². The van der Waals surface area contributed by atoms with Crippen molar-refractivity contribution in [2.75, 3.05) is 31.1 Å². The molecular formula is C13H16BrN3O3. The zero-order chi connectivity index (χ0) is 14.7. The van der Waals surface area contributed by atoms with Crippen LogP contribution in [0.2, 0.25) is 0 Å². The number of hydrogen-bond donors (Lipinski definition) is 0. The molecule has 1 aliphatic heterocycles. The van der Waals surface area contributed by atoms with E-state index in [1.165, 1.54) is 6.07 Å². The Labute approximate surface area is 125 Å². The molecule has 1 aliphatic rings. The molecule has 0 radical (unpaired) electrons. The van der Waals surface area contributed by atoms with Gasteiger partial charge in [-0.25, -0.2) is 0 Å². The van der Waals surface area contributed by atoms with E-state index in [2.05, 4.69) is 20.8 Å². The number of nitrogens with zero attached hydrogens (tertiary/aromatic N) is 3. The van der Waals surface area contributed by atoms with E-state index in [1.54, 1.807) is 12.1 Å². The Morgan fingerprint density at radius 3 is 2.55 bits per heavy atom. The van der Waals surface area contributed by atoms with Gasteiger partial charge in [0.25, 0.3) is 5.69 Å². The minimum Gasteiger partial charge on any atom is -0.368 e. The Balaban J connectivity index is 2.02. The second kappa shape index (κ2) is 6.21. The molecule has 0 N–H and O–H groups in total. The van der Waals surface area contributed by atoms with Crippen LogP contribution in [0.25, 0.3) is 0 Å². The van der Waals surface area contributed by atoms with Crippen molar-refractivity contribution in [1.29, 1.82) is 0 Å². The molecule has 1 fully saturated rings. The summed E-state index contributed by atoms with van der Waals surface area (Å²) in [5, 5.41) is 10.8. The summed E-state index contributed by atoms with van der Waals surface area (Å²) in [7, 11) is 0. The maximum absolute atomic E-state index is 11.9. The van der Waals surface area contributed by atoms with Gasteiger partial charge in [0, 0.05) is 44.0 Å². The Hall–Kier alpha value is -1.63. The quantitative estimate of drug-likeness (QED) is 0.479. The molecule has 108 valence electrons. The molecule has 1 heterocycles. The number of halogens is 1. The van der Waals surface area contributed by atoms with Crippen molar-refractivity contribution in [3.05, 3.63) is 34.4 Å². The molecule has 1 aromatic rings. The van der Waals surface area contributed by atoms with Crippen LogP contribution in [-0.4, -0.2) is 46.7 Å². The van der Waals surface area contributed by atoms with E-state index < -0.39 is 4.92 Å². The van der Waals surface area contributed by atoms with E-state index >= 15 is 0 Å². The molecular weight excluding hydrogens is 326 g/mol. The number of non-ortho nitro benzene ring substituents is 1. The van der Waals surface area contributed by atoms with E-state index in [-0.39, 0.29) is 16.4 Å². The first-order chi connectivity index (χ1) is 9.49. The average molecular weight is 342 g/mol. The molecule has 2 rings (SSSR count). The van der Waals surface area contributed by atoms with Crippen LogP contribution >= 0.6 is 15.9 Å². The Kier molecular flexibility index (Phi) is 4.59. The molecule has 0 aliphatic carbocycles. The van der Waals surface area contributed by atoms with Crippen LogP contribution < -0.4 is 4.90 Å². The summed E-state index contributed by atoms with van der Waals surface area (Å²) < 4.78 is 0. The van der Waals surface area contributed by atoms with E-state index in [9.17, 15) is 14.9 Å². The van der Waals surface area contributed by atoms with Gasteiger partial charge in [-0.2, -0.15) is 0 Å². The Morgan fingerprint density at radius 1 is 1.35 bits per heavy atom. The van der Waals surface area contributed by atoms with Crippen molar-refractivity contribution < 1.29 is 9.72 Å². The number of nitro groups is 1. The normalized spacial score (nSPS) is 16.9. The number of amides is 1. The monoisotopic (exact) mass is 341 g/mol. The zero-order valence-corrected chi connectivity index (χ0v) is 12.7. The Morgan fingerprint density at radius 2 is 2.00 bits per heavy atom. The largest absolute Gasteiger partial charge is 0.368 e. The molecule has 1 amide bonds. The third-order valence-electron chi connectivity index (χ3n) is 3.34. The maximum atomic E-state index is 11.9.